The minimum atomic E-state index is 0.0583. The van der Waals surface area contributed by atoms with Gasteiger partial charge in [-0.1, -0.05) is 39.8 Å². The fraction of sp³-hybridized carbons (Fsp3) is 0.769. The Morgan fingerprint density at radius 1 is 1.38 bits per heavy atom. The van der Waals surface area contributed by atoms with Crippen molar-refractivity contribution in [2.45, 2.75) is 58.1 Å². The van der Waals surface area contributed by atoms with Crippen molar-refractivity contribution in [3.63, 3.8) is 0 Å². The Morgan fingerprint density at radius 2 is 2.00 bits per heavy atom. The molecule has 0 aromatic carbocycles. The summed E-state index contributed by atoms with van der Waals surface area (Å²) in [5.74, 6) is 2.02. The van der Waals surface area contributed by atoms with Crippen molar-refractivity contribution in [1.82, 2.24) is 5.16 Å². The molecule has 1 atom stereocenters. The maximum Gasteiger partial charge on any atom is 0.140 e. The fourth-order valence-electron chi connectivity index (χ4n) is 1.42. The molecular weight excluding hydrogens is 218 g/mol. The summed E-state index contributed by atoms with van der Waals surface area (Å²) in [6.07, 6.45) is 1.95. The highest BCUT2D eigenvalue weighted by Crippen LogP contribution is 2.25. The topological polar surface area (TPSA) is 26.0 Å². The van der Waals surface area contributed by atoms with Crippen LogP contribution < -0.4 is 0 Å². The van der Waals surface area contributed by atoms with Crippen molar-refractivity contribution in [2.24, 2.45) is 5.92 Å². The van der Waals surface area contributed by atoms with E-state index in [-0.39, 0.29) is 4.75 Å². The molecule has 1 heterocycles. The molecule has 0 aliphatic rings. The molecule has 0 aliphatic heterocycles. The van der Waals surface area contributed by atoms with Gasteiger partial charge in [0.2, 0.25) is 0 Å². The van der Waals surface area contributed by atoms with Gasteiger partial charge in [-0.3, -0.25) is 0 Å². The van der Waals surface area contributed by atoms with Crippen LogP contribution in [0.4, 0.5) is 0 Å². The van der Waals surface area contributed by atoms with E-state index in [9.17, 15) is 0 Å². The molecule has 0 spiro atoms. The second kappa shape index (κ2) is 5.26. The van der Waals surface area contributed by atoms with Gasteiger partial charge in [0.05, 0.1) is 5.69 Å². The first-order chi connectivity index (χ1) is 7.29. The fourth-order valence-corrected chi connectivity index (χ4v) is 1.53. The average Bonchev–Trinajstić information content (AvgIpc) is 2.60. The zero-order valence-corrected chi connectivity index (χ0v) is 11.8. The van der Waals surface area contributed by atoms with Gasteiger partial charge in [0.25, 0.3) is 0 Å². The van der Waals surface area contributed by atoms with Crippen LogP contribution in [-0.2, 0) is 6.42 Å². The Bertz CT molecular complexity index is 325. The van der Waals surface area contributed by atoms with Gasteiger partial charge in [0, 0.05) is 16.7 Å². The molecule has 2 nitrogen and oxygen atoms in total. The molecule has 0 aliphatic carbocycles. The summed E-state index contributed by atoms with van der Waals surface area (Å²) in [4.78, 5) is 0. The molecule has 92 valence electrons. The molecule has 1 unspecified atom stereocenters. The van der Waals surface area contributed by atoms with Gasteiger partial charge >= 0.3 is 0 Å². The van der Waals surface area contributed by atoms with Crippen LogP contribution in [0.2, 0.25) is 0 Å². The predicted molar refractivity (Wildman–Crippen MR) is 71.1 cm³/mol. The molecule has 0 saturated heterocycles. The van der Waals surface area contributed by atoms with Crippen LogP contribution in [-0.4, -0.2) is 9.90 Å². The minimum absolute atomic E-state index is 0.0583. The molecule has 16 heavy (non-hydrogen) atoms. The van der Waals surface area contributed by atoms with E-state index >= 15 is 0 Å². The summed E-state index contributed by atoms with van der Waals surface area (Å²) in [7, 11) is 0. The van der Waals surface area contributed by atoms with Crippen LogP contribution >= 0.6 is 12.6 Å². The van der Waals surface area contributed by atoms with Crippen LogP contribution in [0, 0.1) is 5.92 Å². The minimum Gasteiger partial charge on any atom is -0.361 e. The number of aryl methyl sites for hydroxylation is 1. The number of nitrogens with zero attached hydrogens (tertiary/aromatic N) is 1. The molecule has 1 rings (SSSR count). The number of thiol groups is 1. The van der Waals surface area contributed by atoms with Crippen LogP contribution in [0.25, 0.3) is 0 Å². The van der Waals surface area contributed by atoms with Gasteiger partial charge in [0.15, 0.2) is 0 Å². The van der Waals surface area contributed by atoms with Crippen molar-refractivity contribution in [3.8, 4) is 0 Å². The normalized spacial score (nSPS) is 14.4. The lowest BCUT2D eigenvalue weighted by Gasteiger charge is -2.15. The quantitative estimate of drug-likeness (QED) is 0.786. The van der Waals surface area contributed by atoms with Crippen LogP contribution in [0.15, 0.2) is 10.6 Å². The maximum absolute atomic E-state index is 5.38. The highest BCUT2D eigenvalue weighted by Gasteiger charge is 2.17. The lowest BCUT2D eigenvalue weighted by molar-refractivity contribution is 0.335. The molecular formula is C13H23NOS. The smallest absolute Gasteiger partial charge is 0.140 e. The van der Waals surface area contributed by atoms with Gasteiger partial charge < -0.3 is 4.52 Å². The Hall–Kier alpha value is -0.440. The van der Waals surface area contributed by atoms with Gasteiger partial charge in [-0.05, 0) is 18.8 Å². The molecule has 3 heteroatoms. The third kappa shape index (κ3) is 4.20. The highest BCUT2D eigenvalue weighted by molar-refractivity contribution is 7.81. The van der Waals surface area contributed by atoms with E-state index in [4.69, 9.17) is 4.52 Å². The number of hydrogen-bond donors (Lipinski definition) is 1. The zero-order chi connectivity index (χ0) is 12.3. The third-order valence-corrected chi connectivity index (χ3v) is 3.24. The number of aromatic nitrogens is 1. The standard InChI is InChI=1S/C13H23NOS/c1-9(2)10(3)12-8-11(14-15-12)6-7-13(4,5)16/h8-10,16H,6-7H2,1-5H3. The highest BCUT2D eigenvalue weighted by atomic mass is 32.1. The predicted octanol–water partition coefficient (Wildman–Crippen LogP) is 4.08. The van der Waals surface area contributed by atoms with Crippen LogP contribution in [0.5, 0.6) is 0 Å². The Labute approximate surface area is 104 Å². The Morgan fingerprint density at radius 3 is 2.50 bits per heavy atom. The monoisotopic (exact) mass is 241 g/mol. The first kappa shape index (κ1) is 13.6. The van der Waals surface area contributed by atoms with Gasteiger partial charge in [0.1, 0.15) is 5.76 Å². The average molecular weight is 241 g/mol. The molecule has 0 bridgehead atoms. The molecule has 0 fully saturated rings. The van der Waals surface area contributed by atoms with Crippen molar-refractivity contribution < 1.29 is 4.52 Å². The van der Waals surface area contributed by atoms with Crippen molar-refractivity contribution in [1.29, 1.82) is 0 Å². The maximum atomic E-state index is 5.38. The van der Waals surface area contributed by atoms with E-state index in [1.165, 1.54) is 0 Å². The molecule has 0 saturated carbocycles. The largest absolute Gasteiger partial charge is 0.361 e. The SMILES string of the molecule is CC(C)C(C)c1cc(CCC(C)(C)S)no1. The van der Waals surface area contributed by atoms with E-state index in [0.29, 0.717) is 11.8 Å². The molecule has 0 amide bonds. The van der Waals surface area contributed by atoms with E-state index in [0.717, 1.165) is 24.3 Å². The van der Waals surface area contributed by atoms with E-state index in [1.54, 1.807) is 0 Å². The summed E-state index contributed by atoms with van der Waals surface area (Å²) in [5, 5.41) is 4.11. The lowest BCUT2D eigenvalue weighted by atomic mass is 9.95. The summed E-state index contributed by atoms with van der Waals surface area (Å²) in [6.45, 7) is 10.8. The van der Waals surface area contributed by atoms with Crippen molar-refractivity contribution in [2.75, 3.05) is 0 Å². The summed E-state index contributed by atoms with van der Waals surface area (Å²) in [6, 6.07) is 2.09. The van der Waals surface area contributed by atoms with Crippen molar-refractivity contribution in [3.05, 3.63) is 17.5 Å². The second-order valence-electron chi connectivity index (χ2n) is 5.57. The first-order valence-corrected chi connectivity index (χ1v) is 6.42. The van der Waals surface area contributed by atoms with Crippen molar-refractivity contribution >= 4 is 12.6 Å². The van der Waals surface area contributed by atoms with Crippen LogP contribution in [0.1, 0.15) is 58.4 Å². The summed E-state index contributed by atoms with van der Waals surface area (Å²) >= 11 is 4.51. The summed E-state index contributed by atoms with van der Waals surface area (Å²) in [5.41, 5.74) is 1.05. The Kier molecular flexibility index (Phi) is 4.48. The van der Waals surface area contributed by atoms with Gasteiger partial charge in [-0.2, -0.15) is 12.6 Å². The number of hydrogen-bond acceptors (Lipinski definition) is 3. The Balaban J connectivity index is 2.58. The molecule has 1 aromatic rings. The van der Waals surface area contributed by atoms with E-state index in [1.807, 2.05) is 0 Å². The number of rotatable bonds is 5. The van der Waals surface area contributed by atoms with Crippen LogP contribution in [0.3, 0.4) is 0 Å². The van der Waals surface area contributed by atoms with E-state index < -0.39 is 0 Å². The van der Waals surface area contributed by atoms with E-state index in [2.05, 4.69) is 58.5 Å². The lowest BCUT2D eigenvalue weighted by Crippen LogP contribution is -2.11. The molecule has 0 radical (unpaired) electrons. The summed E-state index contributed by atoms with van der Waals surface area (Å²) < 4.78 is 5.44. The third-order valence-electron chi connectivity index (χ3n) is 3.02. The van der Waals surface area contributed by atoms with Gasteiger partial charge in [-0.25, -0.2) is 0 Å². The second-order valence-corrected chi connectivity index (χ2v) is 6.78. The molecule has 1 aromatic heterocycles. The zero-order valence-electron chi connectivity index (χ0n) is 10.9. The van der Waals surface area contributed by atoms with Gasteiger partial charge in [-0.15, -0.1) is 0 Å². The molecule has 0 N–H and O–H groups in total. The first-order valence-electron chi connectivity index (χ1n) is 5.97.